The Bertz CT molecular complexity index is 911. The van der Waals surface area contributed by atoms with Gasteiger partial charge < -0.3 is 14.4 Å². The summed E-state index contributed by atoms with van der Waals surface area (Å²) in [6.07, 6.45) is 0. The van der Waals surface area contributed by atoms with Crippen molar-refractivity contribution in [3.8, 4) is 5.75 Å². The molecule has 3 rings (SSSR count). The number of aliphatic carboxylic acids is 1. The number of rotatable bonds is 7. The Morgan fingerprint density at radius 1 is 1.23 bits per heavy atom. The number of aryl methyl sites for hydroxylation is 2. The number of hydrogen-bond acceptors (Lipinski definition) is 4. The van der Waals surface area contributed by atoms with Gasteiger partial charge in [-0.2, -0.15) is 0 Å². The van der Waals surface area contributed by atoms with Gasteiger partial charge in [0.05, 0.1) is 17.6 Å². The molecule has 7 heteroatoms. The normalized spacial score (nSPS) is 10.5. The molecule has 1 N–H and O–H groups in total. The Morgan fingerprint density at radius 2 is 2.00 bits per heavy atom. The lowest BCUT2D eigenvalue weighted by atomic mass is 10.1. The molecule has 138 valence electrons. The number of thioether (sulfide) groups is 1. The number of para-hydroxylation sites is 2. The maximum absolute atomic E-state index is 11.2. The van der Waals surface area contributed by atoms with Crippen LogP contribution in [0.3, 0.4) is 0 Å². The number of hydrogen-bond donors (Lipinski definition) is 1. The first kappa shape index (κ1) is 20.1. The fourth-order valence-corrected chi connectivity index (χ4v) is 3.43. The Balaban J connectivity index is 0.00000243. The molecule has 1 aromatic heterocycles. The van der Waals surface area contributed by atoms with Crippen molar-refractivity contribution in [2.24, 2.45) is 0 Å². The quantitative estimate of drug-likeness (QED) is 0.479. The second kappa shape index (κ2) is 8.96. The first-order valence-electron chi connectivity index (χ1n) is 8.04. The number of fused-ring (bicyclic) bond motifs is 1. The summed E-state index contributed by atoms with van der Waals surface area (Å²) in [6, 6.07) is 13.7. The monoisotopic (exact) mass is 392 g/mol. The van der Waals surface area contributed by atoms with Gasteiger partial charge in [0, 0.05) is 5.75 Å². The molecule has 0 spiro atoms. The summed E-state index contributed by atoms with van der Waals surface area (Å²) < 4.78 is 7.60. The zero-order valence-electron chi connectivity index (χ0n) is 14.6. The predicted octanol–water partition coefficient (Wildman–Crippen LogP) is 4.33. The zero-order chi connectivity index (χ0) is 17.8. The van der Waals surface area contributed by atoms with Gasteiger partial charge in [0.2, 0.25) is 0 Å². The van der Waals surface area contributed by atoms with Crippen LogP contribution in [0.25, 0.3) is 11.0 Å². The van der Waals surface area contributed by atoms with Crippen LogP contribution in [-0.4, -0.2) is 33.0 Å². The van der Waals surface area contributed by atoms with Crippen molar-refractivity contribution in [2.45, 2.75) is 25.5 Å². The van der Waals surface area contributed by atoms with Crippen LogP contribution in [0, 0.1) is 13.8 Å². The van der Waals surface area contributed by atoms with Crippen LogP contribution >= 0.6 is 24.2 Å². The molecule has 0 amide bonds. The van der Waals surface area contributed by atoms with Crippen molar-refractivity contribution < 1.29 is 14.6 Å². The molecular weight excluding hydrogens is 372 g/mol. The van der Waals surface area contributed by atoms with E-state index in [2.05, 4.69) is 11.1 Å². The van der Waals surface area contributed by atoms with E-state index >= 15 is 0 Å². The lowest BCUT2D eigenvalue weighted by molar-refractivity contribution is -0.137. The molecular formula is C19H21ClN2O3S. The Kier molecular flexibility index (Phi) is 6.94. The molecule has 2 aromatic carbocycles. The van der Waals surface area contributed by atoms with E-state index in [0.29, 0.717) is 17.5 Å². The van der Waals surface area contributed by atoms with Gasteiger partial charge in [0.25, 0.3) is 0 Å². The topological polar surface area (TPSA) is 64.4 Å². The van der Waals surface area contributed by atoms with E-state index in [0.717, 1.165) is 27.9 Å². The second-order valence-electron chi connectivity index (χ2n) is 5.83. The Hall–Kier alpha value is -2.18. The largest absolute Gasteiger partial charge is 0.492 e. The highest BCUT2D eigenvalue weighted by molar-refractivity contribution is 7.99. The summed E-state index contributed by atoms with van der Waals surface area (Å²) in [5.74, 6) is 0.701. The van der Waals surface area contributed by atoms with Gasteiger partial charge in [-0.25, -0.2) is 4.98 Å². The standard InChI is InChI=1S/C19H20N2O3S.ClH/c1-13-7-8-14(2)17(11-13)24-9-10-25-19-20-15-5-3-4-6-16(15)21(19)12-18(22)23;/h3-8,11H,9-10,12H2,1-2H3,(H,22,23);1H. The first-order valence-corrected chi connectivity index (χ1v) is 9.03. The zero-order valence-corrected chi connectivity index (χ0v) is 16.3. The van der Waals surface area contributed by atoms with Gasteiger partial charge >= 0.3 is 5.97 Å². The lowest BCUT2D eigenvalue weighted by Crippen LogP contribution is -2.10. The predicted molar refractivity (Wildman–Crippen MR) is 107 cm³/mol. The van der Waals surface area contributed by atoms with Gasteiger partial charge in [-0.15, -0.1) is 12.4 Å². The van der Waals surface area contributed by atoms with Crippen LogP contribution in [0.2, 0.25) is 0 Å². The highest BCUT2D eigenvalue weighted by Crippen LogP contribution is 2.25. The fourth-order valence-electron chi connectivity index (χ4n) is 2.60. The Labute approximate surface area is 162 Å². The first-order chi connectivity index (χ1) is 12.0. The molecule has 0 unspecified atom stereocenters. The van der Waals surface area contributed by atoms with E-state index in [1.165, 1.54) is 11.8 Å². The molecule has 0 bridgehead atoms. The number of carboxylic acid groups (broad SMARTS) is 1. The molecule has 0 aliphatic heterocycles. The number of ether oxygens (including phenoxy) is 1. The number of carboxylic acids is 1. The van der Waals surface area contributed by atoms with Gasteiger partial charge in [-0.3, -0.25) is 4.79 Å². The average Bonchev–Trinajstić information content (AvgIpc) is 2.92. The number of nitrogens with zero attached hydrogens (tertiary/aromatic N) is 2. The smallest absolute Gasteiger partial charge is 0.323 e. The number of carbonyl (C=O) groups is 1. The molecule has 0 atom stereocenters. The van der Waals surface area contributed by atoms with Gasteiger partial charge in [0.1, 0.15) is 12.3 Å². The minimum Gasteiger partial charge on any atom is -0.492 e. The van der Waals surface area contributed by atoms with Crippen LogP contribution in [0.5, 0.6) is 5.75 Å². The van der Waals surface area contributed by atoms with E-state index < -0.39 is 5.97 Å². The third kappa shape index (κ3) is 4.71. The highest BCUT2D eigenvalue weighted by atomic mass is 35.5. The van der Waals surface area contributed by atoms with Gasteiger partial charge in [-0.05, 0) is 43.2 Å². The van der Waals surface area contributed by atoms with E-state index in [1.807, 2.05) is 50.2 Å². The fraction of sp³-hybridized carbons (Fsp3) is 0.263. The van der Waals surface area contributed by atoms with Crippen LogP contribution in [-0.2, 0) is 11.3 Å². The third-order valence-corrected chi connectivity index (χ3v) is 4.77. The molecule has 1 heterocycles. The van der Waals surface area contributed by atoms with Crippen molar-refractivity contribution in [1.82, 2.24) is 9.55 Å². The summed E-state index contributed by atoms with van der Waals surface area (Å²) in [7, 11) is 0. The molecule has 3 aromatic rings. The van der Waals surface area contributed by atoms with Crippen molar-refractivity contribution in [1.29, 1.82) is 0 Å². The SMILES string of the molecule is Cc1ccc(C)c(OCCSc2nc3ccccc3n2CC(=O)O)c1.Cl. The van der Waals surface area contributed by atoms with Crippen molar-refractivity contribution in [3.63, 3.8) is 0 Å². The minimum atomic E-state index is -0.878. The summed E-state index contributed by atoms with van der Waals surface area (Å²) >= 11 is 1.51. The Morgan fingerprint density at radius 3 is 2.77 bits per heavy atom. The molecule has 26 heavy (non-hydrogen) atoms. The lowest BCUT2D eigenvalue weighted by Gasteiger charge is -2.10. The summed E-state index contributed by atoms with van der Waals surface area (Å²) in [5, 5.41) is 9.87. The molecule has 0 radical (unpaired) electrons. The molecule has 0 fully saturated rings. The van der Waals surface area contributed by atoms with Crippen LogP contribution in [0.15, 0.2) is 47.6 Å². The summed E-state index contributed by atoms with van der Waals surface area (Å²) in [4.78, 5) is 15.7. The average molecular weight is 393 g/mol. The van der Waals surface area contributed by atoms with E-state index in [4.69, 9.17) is 9.84 Å². The molecule has 0 saturated heterocycles. The van der Waals surface area contributed by atoms with Crippen LogP contribution < -0.4 is 4.74 Å². The van der Waals surface area contributed by atoms with Gasteiger partial charge in [-0.1, -0.05) is 36.0 Å². The van der Waals surface area contributed by atoms with Crippen LogP contribution in [0.1, 0.15) is 11.1 Å². The number of halogens is 1. The van der Waals surface area contributed by atoms with Crippen LogP contribution in [0.4, 0.5) is 0 Å². The molecule has 0 aliphatic rings. The van der Waals surface area contributed by atoms with E-state index in [9.17, 15) is 4.79 Å². The second-order valence-corrected chi connectivity index (χ2v) is 6.89. The maximum Gasteiger partial charge on any atom is 0.323 e. The number of benzene rings is 2. The van der Waals surface area contributed by atoms with Gasteiger partial charge in [0.15, 0.2) is 5.16 Å². The highest BCUT2D eigenvalue weighted by Gasteiger charge is 2.13. The van der Waals surface area contributed by atoms with E-state index in [1.54, 1.807) is 4.57 Å². The number of imidazole rings is 1. The third-order valence-electron chi connectivity index (χ3n) is 3.83. The molecule has 5 nitrogen and oxygen atoms in total. The summed E-state index contributed by atoms with van der Waals surface area (Å²) in [6.45, 7) is 4.50. The van der Waals surface area contributed by atoms with Crippen molar-refractivity contribution in [3.05, 3.63) is 53.6 Å². The summed E-state index contributed by atoms with van der Waals surface area (Å²) in [5.41, 5.74) is 3.91. The molecule has 0 saturated carbocycles. The van der Waals surface area contributed by atoms with Crippen molar-refractivity contribution >= 4 is 41.2 Å². The molecule has 0 aliphatic carbocycles. The maximum atomic E-state index is 11.2. The number of aromatic nitrogens is 2. The van der Waals surface area contributed by atoms with Crippen molar-refractivity contribution in [2.75, 3.05) is 12.4 Å². The van der Waals surface area contributed by atoms with E-state index in [-0.39, 0.29) is 19.0 Å². The minimum absolute atomic E-state index is 0.